The number of carboxylic acid groups (broad SMARTS) is 1. The molecule has 1 aliphatic rings. The average Bonchev–Trinajstić information content (AvgIpc) is 3.48. The number of benzene rings is 1. The van der Waals surface area contributed by atoms with Crippen LogP contribution in [0.4, 0.5) is 11.8 Å². The fourth-order valence-electron chi connectivity index (χ4n) is 4.35. The number of aromatic nitrogens is 7. The van der Waals surface area contributed by atoms with Gasteiger partial charge in [0.25, 0.3) is 0 Å². The maximum Gasteiger partial charge on any atom is 0.323 e. The van der Waals surface area contributed by atoms with Crippen molar-refractivity contribution in [3.63, 3.8) is 0 Å². The van der Waals surface area contributed by atoms with Crippen LogP contribution in [0.3, 0.4) is 0 Å². The van der Waals surface area contributed by atoms with E-state index in [1.54, 1.807) is 23.0 Å². The number of aromatic hydroxyl groups is 1. The van der Waals surface area contributed by atoms with Crippen molar-refractivity contribution in [1.82, 2.24) is 34.3 Å². The zero-order valence-corrected chi connectivity index (χ0v) is 18.6. The van der Waals surface area contributed by atoms with E-state index in [0.29, 0.717) is 49.1 Å². The smallest absolute Gasteiger partial charge is 0.323 e. The van der Waals surface area contributed by atoms with Crippen LogP contribution in [0.25, 0.3) is 27.9 Å². The molecule has 1 aromatic carbocycles. The third kappa shape index (κ3) is 3.74. The lowest BCUT2D eigenvalue weighted by Gasteiger charge is -2.35. The molecule has 0 saturated carbocycles. The molecule has 12 nitrogen and oxygen atoms in total. The van der Waals surface area contributed by atoms with Gasteiger partial charge in [0.05, 0.1) is 24.2 Å². The summed E-state index contributed by atoms with van der Waals surface area (Å²) in [6.45, 7) is 2.45. The van der Waals surface area contributed by atoms with Gasteiger partial charge in [0.1, 0.15) is 23.6 Å². The molecule has 0 aliphatic carbocycles. The van der Waals surface area contributed by atoms with Gasteiger partial charge in [-0.25, -0.2) is 14.6 Å². The number of anilines is 2. The number of aliphatic carboxylic acids is 1. The number of fused-ring (bicyclic) bond motifs is 2. The Hall–Kier alpha value is -4.74. The second kappa shape index (κ2) is 8.24. The molecule has 4 aromatic heterocycles. The van der Waals surface area contributed by atoms with E-state index >= 15 is 0 Å². The number of nitrogens with zero attached hydrogens (tertiary/aromatic N) is 9. The standard InChI is InChI=1S/C23H21N9O3/c33-16-5-6-18(24-12-16)29-7-9-30(10-8-29)23-27-21-20(31(14-25-21)13-19(34)35)22(28-23)32-17-4-2-1-3-15(17)11-26-32/h1-6,11-12,14,33H,7-10,13H2,(H,34,35). The van der Waals surface area contributed by atoms with Crippen LogP contribution in [0, 0.1) is 0 Å². The predicted octanol–water partition coefficient (Wildman–Crippen LogP) is 1.68. The lowest BCUT2D eigenvalue weighted by atomic mass is 10.2. The molecular formula is C23H21N9O3. The van der Waals surface area contributed by atoms with E-state index in [4.69, 9.17) is 4.98 Å². The summed E-state index contributed by atoms with van der Waals surface area (Å²) in [5.74, 6) is 0.937. The van der Waals surface area contributed by atoms with Crippen LogP contribution in [0.5, 0.6) is 5.75 Å². The Morgan fingerprint density at radius 3 is 2.51 bits per heavy atom. The van der Waals surface area contributed by atoms with Crippen molar-refractivity contribution in [3.05, 3.63) is 55.1 Å². The molecule has 6 rings (SSSR count). The van der Waals surface area contributed by atoms with Crippen molar-refractivity contribution < 1.29 is 15.0 Å². The third-order valence-corrected chi connectivity index (χ3v) is 6.04. The summed E-state index contributed by atoms with van der Waals surface area (Å²) < 4.78 is 3.24. The van der Waals surface area contributed by atoms with Gasteiger partial charge < -0.3 is 24.6 Å². The van der Waals surface area contributed by atoms with Gasteiger partial charge in [0.15, 0.2) is 11.5 Å². The van der Waals surface area contributed by atoms with Crippen molar-refractivity contribution in [2.24, 2.45) is 0 Å². The summed E-state index contributed by atoms with van der Waals surface area (Å²) in [5.41, 5.74) is 1.77. The zero-order chi connectivity index (χ0) is 23.9. The lowest BCUT2D eigenvalue weighted by Crippen LogP contribution is -2.47. The third-order valence-electron chi connectivity index (χ3n) is 6.04. The number of hydrogen-bond acceptors (Lipinski definition) is 9. The molecule has 0 bridgehead atoms. The van der Waals surface area contributed by atoms with Crippen LogP contribution in [0.2, 0.25) is 0 Å². The SMILES string of the molecule is O=C(O)Cn1cnc2nc(N3CCN(c4ccc(O)cn4)CC3)nc(-n3ncc4ccccc43)c21. The summed E-state index contributed by atoms with van der Waals surface area (Å²) in [4.78, 5) is 33.9. The van der Waals surface area contributed by atoms with Crippen molar-refractivity contribution in [2.45, 2.75) is 6.54 Å². The number of hydrogen-bond donors (Lipinski definition) is 2. The minimum absolute atomic E-state index is 0.134. The molecule has 1 fully saturated rings. The van der Waals surface area contributed by atoms with Gasteiger partial charge >= 0.3 is 5.97 Å². The highest BCUT2D eigenvalue weighted by Crippen LogP contribution is 2.26. The molecule has 5 heterocycles. The average molecular weight is 471 g/mol. The highest BCUT2D eigenvalue weighted by molar-refractivity contribution is 5.86. The molecule has 0 atom stereocenters. The Balaban J connectivity index is 1.39. The number of carboxylic acids is 1. The molecule has 0 radical (unpaired) electrons. The summed E-state index contributed by atoms with van der Waals surface area (Å²) in [6, 6.07) is 11.2. The molecule has 0 unspecified atom stereocenters. The first kappa shape index (κ1) is 20.8. The molecular weight excluding hydrogens is 450 g/mol. The number of carbonyl (C=O) groups is 1. The summed E-state index contributed by atoms with van der Waals surface area (Å²) >= 11 is 0. The van der Waals surface area contributed by atoms with Gasteiger partial charge in [-0.2, -0.15) is 15.1 Å². The van der Waals surface area contributed by atoms with Crippen LogP contribution in [-0.2, 0) is 11.3 Å². The summed E-state index contributed by atoms with van der Waals surface area (Å²) in [5, 5.41) is 24.4. The first-order valence-electron chi connectivity index (χ1n) is 11.1. The molecule has 0 amide bonds. The second-order valence-corrected chi connectivity index (χ2v) is 8.25. The molecule has 12 heteroatoms. The van der Waals surface area contributed by atoms with Gasteiger partial charge in [0.2, 0.25) is 5.95 Å². The lowest BCUT2D eigenvalue weighted by molar-refractivity contribution is -0.137. The van der Waals surface area contributed by atoms with Crippen molar-refractivity contribution in [3.8, 4) is 11.6 Å². The fraction of sp³-hybridized carbons (Fsp3) is 0.217. The van der Waals surface area contributed by atoms with E-state index in [9.17, 15) is 15.0 Å². The minimum atomic E-state index is -0.983. The fourth-order valence-corrected chi connectivity index (χ4v) is 4.35. The molecule has 1 saturated heterocycles. The van der Waals surface area contributed by atoms with Crippen LogP contribution < -0.4 is 9.80 Å². The number of pyridine rings is 1. The molecule has 35 heavy (non-hydrogen) atoms. The number of rotatable bonds is 5. The second-order valence-electron chi connectivity index (χ2n) is 8.25. The maximum absolute atomic E-state index is 11.5. The normalized spacial score (nSPS) is 14.2. The Labute approximate surface area is 198 Å². The van der Waals surface area contributed by atoms with E-state index in [-0.39, 0.29) is 12.3 Å². The van der Waals surface area contributed by atoms with E-state index in [0.717, 1.165) is 16.7 Å². The molecule has 2 N–H and O–H groups in total. The molecule has 5 aromatic rings. The van der Waals surface area contributed by atoms with Gasteiger partial charge in [-0.1, -0.05) is 18.2 Å². The predicted molar refractivity (Wildman–Crippen MR) is 128 cm³/mol. The monoisotopic (exact) mass is 471 g/mol. The van der Waals surface area contributed by atoms with E-state index in [1.165, 1.54) is 17.1 Å². The largest absolute Gasteiger partial charge is 0.506 e. The van der Waals surface area contributed by atoms with Crippen molar-refractivity contribution >= 4 is 39.8 Å². The van der Waals surface area contributed by atoms with Crippen LogP contribution >= 0.6 is 0 Å². The Bertz CT molecular complexity index is 1540. The van der Waals surface area contributed by atoms with E-state index in [2.05, 4.69) is 29.9 Å². The number of para-hydroxylation sites is 1. The molecule has 0 spiro atoms. The summed E-state index contributed by atoms with van der Waals surface area (Å²) in [6.07, 6.45) is 4.66. The molecule has 1 aliphatic heterocycles. The minimum Gasteiger partial charge on any atom is -0.506 e. The van der Waals surface area contributed by atoms with Crippen molar-refractivity contribution in [2.75, 3.05) is 36.0 Å². The Morgan fingerprint density at radius 2 is 1.74 bits per heavy atom. The quantitative estimate of drug-likeness (QED) is 0.389. The van der Waals surface area contributed by atoms with Crippen LogP contribution in [-0.4, -0.2) is 76.6 Å². The summed E-state index contributed by atoms with van der Waals surface area (Å²) in [7, 11) is 0. The van der Waals surface area contributed by atoms with Gasteiger partial charge in [-0.15, -0.1) is 0 Å². The van der Waals surface area contributed by atoms with E-state index < -0.39 is 5.97 Å². The topological polar surface area (TPSA) is 138 Å². The number of imidazole rings is 1. The van der Waals surface area contributed by atoms with Gasteiger partial charge in [-0.05, 0) is 18.2 Å². The Morgan fingerprint density at radius 1 is 0.943 bits per heavy atom. The maximum atomic E-state index is 11.5. The first-order valence-corrected chi connectivity index (χ1v) is 11.1. The van der Waals surface area contributed by atoms with Gasteiger partial charge in [-0.3, -0.25) is 4.79 Å². The Kier molecular flexibility index (Phi) is 4.90. The highest BCUT2D eigenvalue weighted by Gasteiger charge is 2.24. The van der Waals surface area contributed by atoms with Crippen LogP contribution in [0.15, 0.2) is 55.1 Å². The number of piperazine rings is 1. The molecule has 176 valence electrons. The van der Waals surface area contributed by atoms with Crippen LogP contribution in [0.1, 0.15) is 0 Å². The van der Waals surface area contributed by atoms with Crippen molar-refractivity contribution in [1.29, 1.82) is 0 Å². The zero-order valence-electron chi connectivity index (χ0n) is 18.6. The van der Waals surface area contributed by atoms with E-state index in [1.807, 2.05) is 24.3 Å². The highest BCUT2D eigenvalue weighted by atomic mass is 16.4. The van der Waals surface area contributed by atoms with Gasteiger partial charge in [0, 0.05) is 31.6 Å². The first-order chi connectivity index (χ1) is 17.1.